The Morgan fingerprint density at radius 2 is 1.64 bits per heavy atom. The molecule has 0 aliphatic rings. The van der Waals surface area contributed by atoms with Crippen LogP contribution in [0.3, 0.4) is 0 Å². The number of nitrogens with two attached hydrogens (primary N) is 1. The fraction of sp³-hybridized carbons (Fsp3) is 1.00. The lowest BCUT2D eigenvalue weighted by atomic mass is 10.4. The predicted octanol–water partition coefficient (Wildman–Crippen LogP) is 0.787. The van der Waals surface area contributed by atoms with Gasteiger partial charge in [-0.05, 0) is 25.8 Å². The minimum absolute atomic E-state index is 0.184. The highest BCUT2D eigenvalue weighted by molar-refractivity contribution is 7.89. The molecular formula is C9H22N2O2S. The Bertz CT molecular complexity index is 221. The highest BCUT2D eigenvalue weighted by Gasteiger charge is 2.19. The summed E-state index contributed by atoms with van der Waals surface area (Å²) in [7, 11) is -3.06. The smallest absolute Gasteiger partial charge is 0.214 e. The minimum Gasteiger partial charge on any atom is -0.330 e. The van der Waals surface area contributed by atoms with Crippen LogP contribution in [0.2, 0.25) is 0 Å². The number of nitrogens with zero attached hydrogens (tertiary/aromatic N) is 1. The van der Waals surface area contributed by atoms with Crippen LogP contribution < -0.4 is 5.73 Å². The molecule has 5 heteroatoms. The molecule has 0 radical (unpaired) electrons. The van der Waals surface area contributed by atoms with Crippen molar-refractivity contribution in [3.8, 4) is 0 Å². The van der Waals surface area contributed by atoms with Gasteiger partial charge in [-0.3, -0.25) is 0 Å². The summed E-state index contributed by atoms with van der Waals surface area (Å²) in [6.07, 6.45) is 2.27. The molecule has 0 bridgehead atoms. The molecule has 4 nitrogen and oxygen atoms in total. The molecule has 86 valence electrons. The van der Waals surface area contributed by atoms with Crippen molar-refractivity contribution < 1.29 is 8.42 Å². The Morgan fingerprint density at radius 3 is 2.00 bits per heavy atom. The van der Waals surface area contributed by atoms with Crippen LogP contribution in [0.15, 0.2) is 0 Å². The second-order valence-corrected chi connectivity index (χ2v) is 5.45. The zero-order chi connectivity index (χ0) is 11.0. The molecule has 0 aliphatic heterocycles. The summed E-state index contributed by atoms with van der Waals surface area (Å²) in [5.41, 5.74) is 5.30. The molecule has 0 atom stereocenters. The molecule has 0 unspecified atom stereocenters. The molecule has 0 aliphatic carbocycles. The van der Waals surface area contributed by atoms with E-state index in [9.17, 15) is 8.42 Å². The quantitative estimate of drug-likeness (QED) is 0.660. The molecule has 0 fully saturated rings. The zero-order valence-corrected chi connectivity index (χ0v) is 10.0. The van der Waals surface area contributed by atoms with Gasteiger partial charge in [0.2, 0.25) is 10.0 Å². The van der Waals surface area contributed by atoms with Crippen molar-refractivity contribution >= 4 is 10.0 Å². The monoisotopic (exact) mass is 222 g/mol. The second kappa shape index (κ2) is 7.20. The van der Waals surface area contributed by atoms with E-state index in [1.807, 2.05) is 13.8 Å². The van der Waals surface area contributed by atoms with E-state index in [0.717, 1.165) is 12.8 Å². The highest BCUT2D eigenvalue weighted by atomic mass is 32.2. The average molecular weight is 222 g/mol. The molecule has 0 aromatic rings. The van der Waals surface area contributed by atoms with Crippen LogP contribution in [-0.4, -0.2) is 38.1 Å². The molecule has 0 heterocycles. The van der Waals surface area contributed by atoms with Crippen molar-refractivity contribution in [3.63, 3.8) is 0 Å². The Balaban J connectivity index is 4.29. The standard InChI is InChI=1S/C9H22N2O2S/c1-3-7-11(8-4-2)14(12,13)9-5-6-10/h3-10H2,1-2H3. The van der Waals surface area contributed by atoms with E-state index in [1.165, 1.54) is 0 Å². The van der Waals surface area contributed by atoms with Crippen molar-refractivity contribution in [1.29, 1.82) is 0 Å². The highest BCUT2D eigenvalue weighted by Crippen LogP contribution is 2.05. The summed E-state index contributed by atoms with van der Waals surface area (Å²) in [4.78, 5) is 0. The molecule has 0 amide bonds. The van der Waals surface area contributed by atoms with Gasteiger partial charge in [0.25, 0.3) is 0 Å². The van der Waals surface area contributed by atoms with Gasteiger partial charge in [-0.15, -0.1) is 0 Å². The van der Waals surface area contributed by atoms with Gasteiger partial charge in [0, 0.05) is 13.1 Å². The Labute approximate surface area is 87.5 Å². The average Bonchev–Trinajstić information content (AvgIpc) is 2.14. The molecule has 0 saturated carbocycles. The third-order valence-electron chi connectivity index (χ3n) is 1.95. The lowest BCUT2D eigenvalue weighted by Gasteiger charge is -2.20. The Hall–Kier alpha value is -0.130. The molecule has 0 aromatic heterocycles. The SMILES string of the molecule is CCCN(CCC)S(=O)(=O)CCCN. The van der Waals surface area contributed by atoms with E-state index in [2.05, 4.69) is 0 Å². The lowest BCUT2D eigenvalue weighted by molar-refractivity contribution is 0.409. The fourth-order valence-corrected chi connectivity index (χ4v) is 2.99. The van der Waals surface area contributed by atoms with Gasteiger partial charge >= 0.3 is 0 Å². The van der Waals surface area contributed by atoms with Gasteiger partial charge < -0.3 is 5.73 Å². The molecule has 0 rings (SSSR count). The third-order valence-corrected chi connectivity index (χ3v) is 3.90. The number of hydrogen-bond donors (Lipinski definition) is 1. The number of rotatable bonds is 8. The first kappa shape index (κ1) is 13.9. The summed E-state index contributed by atoms with van der Waals surface area (Å²) in [6, 6.07) is 0. The van der Waals surface area contributed by atoms with Gasteiger partial charge in [0.05, 0.1) is 5.75 Å². The van der Waals surface area contributed by atoms with Crippen molar-refractivity contribution in [2.75, 3.05) is 25.4 Å². The van der Waals surface area contributed by atoms with Crippen LogP contribution in [-0.2, 0) is 10.0 Å². The van der Waals surface area contributed by atoms with Crippen LogP contribution >= 0.6 is 0 Å². The van der Waals surface area contributed by atoms with E-state index in [-0.39, 0.29) is 5.75 Å². The molecule has 0 spiro atoms. The predicted molar refractivity (Wildman–Crippen MR) is 59.6 cm³/mol. The first-order valence-corrected chi connectivity index (χ1v) is 6.87. The number of sulfonamides is 1. The normalized spacial score (nSPS) is 12.3. The lowest BCUT2D eigenvalue weighted by Crippen LogP contribution is -2.34. The van der Waals surface area contributed by atoms with Crippen LogP contribution in [0, 0.1) is 0 Å². The van der Waals surface area contributed by atoms with E-state index in [4.69, 9.17) is 5.73 Å². The molecular weight excluding hydrogens is 200 g/mol. The second-order valence-electron chi connectivity index (χ2n) is 3.36. The van der Waals surface area contributed by atoms with E-state index in [1.54, 1.807) is 4.31 Å². The van der Waals surface area contributed by atoms with Gasteiger partial charge in [0.1, 0.15) is 0 Å². The van der Waals surface area contributed by atoms with Gasteiger partial charge in [-0.2, -0.15) is 0 Å². The van der Waals surface area contributed by atoms with Gasteiger partial charge in [0.15, 0.2) is 0 Å². The summed E-state index contributed by atoms with van der Waals surface area (Å²) < 4.78 is 25.1. The number of hydrogen-bond acceptors (Lipinski definition) is 3. The van der Waals surface area contributed by atoms with Crippen LogP contribution in [0.25, 0.3) is 0 Å². The maximum Gasteiger partial charge on any atom is 0.214 e. The minimum atomic E-state index is -3.06. The van der Waals surface area contributed by atoms with Crippen LogP contribution in [0.4, 0.5) is 0 Å². The van der Waals surface area contributed by atoms with Gasteiger partial charge in [-0.1, -0.05) is 13.8 Å². The largest absolute Gasteiger partial charge is 0.330 e. The van der Waals surface area contributed by atoms with Gasteiger partial charge in [-0.25, -0.2) is 12.7 Å². The first-order chi connectivity index (χ1) is 6.58. The summed E-state index contributed by atoms with van der Waals surface area (Å²) in [5, 5.41) is 0. The van der Waals surface area contributed by atoms with Crippen LogP contribution in [0.5, 0.6) is 0 Å². The summed E-state index contributed by atoms with van der Waals surface area (Å²) in [5.74, 6) is 0.184. The maximum absolute atomic E-state index is 11.7. The van der Waals surface area contributed by atoms with Crippen molar-refractivity contribution in [2.24, 2.45) is 5.73 Å². The van der Waals surface area contributed by atoms with Crippen molar-refractivity contribution in [1.82, 2.24) is 4.31 Å². The molecule has 0 aromatic carbocycles. The topological polar surface area (TPSA) is 63.4 Å². The summed E-state index contributed by atoms with van der Waals surface area (Å²) >= 11 is 0. The molecule has 14 heavy (non-hydrogen) atoms. The van der Waals surface area contributed by atoms with Crippen molar-refractivity contribution in [2.45, 2.75) is 33.1 Å². The first-order valence-electron chi connectivity index (χ1n) is 5.26. The van der Waals surface area contributed by atoms with E-state index in [0.29, 0.717) is 26.1 Å². The van der Waals surface area contributed by atoms with Crippen LogP contribution in [0.1, 0.15) is 33.1 Å². The third kappa shape index (κ3) is 4.93. The zero-order valence-electron chi connectivity index (χ0n) is 9.20. The Kier molecular flexibility index (Phi) is 7.13. The van der Waals surface area contributed by atoms with E-state index < -0.39 is 10.0 Å². The summed E-state index contributed by atoms with van der Waals surface area (Å²) in [6.45, 7) is 5.66. The molecule has 2 N–H and O–H groups in total. The maximum atomic E-state index is 11.7. The fourth-order valence-electron chi connectivity index (χ4n) is 1.28. The van der Waals surface area contributed by atoms with E-state index >= 15 is 0 Å². The molecule has 0 saturated heterocycles. The Morgan fingerprint density at radius 1 is 1.14 bits per heavy atom. The van der Waals surface area contributed by atoms with Crippen molar-refractivity contribution in [3.05, 3.63) is 0 Å².